The minimum atomic E-state index is -2.86. The normalized spacial score (nSPS) is 18.0. The van der Waals surface area contributed by atoms with Crippen molar-refractivity contribution < 1.29 is 13.5 Å². The summed E-state index contributed by atoms with van der Waals surface area (Å²) in [6, 6.07) is 12.8. The van der Waals surface area contributed by atoms with Crippen LogP contribution in [0.3, 0.4) is 0 Å². The Labute approximate surface area is 325 Å². The maximum Gasteiger partial charge on any atom is 0.331 e. The van der Waals surface area contributed by atoms with E-state index in [2.05, 4.69) is 95.9 Å². The van der Waals surface area contributed by atoms with Gasteiger partial charge in [-0.05, 0) is 86.3 Å². The molecular formula is C39H48BrF2N10OP. The van der Waals surface area contributed by atoms with Gasteiger partial charge in [0.1, 0.15) is 11.6 Å². The van der Waals surface area contributed by atoms with Crippen molar-refractivity contribution in [2.24, 2.45) is 10.7 Å². The van der Waals surface area contributed by atoms with Gasteiger partial charge in [-0.1, -0.05) is 14.0 Å². The molecule has 15 heteroatoms. The average Bonchev–Trinajstić information content (AvgIpc) is 4.02. The maximum atomic E-state index is 13.3. The number of halogens is 3. The molecule has 286 valence electrons. The van der Waals surface area contributed by atoms with Gasteiger partial charge >= 0.3 is 6.55 Å². The molecule has 2 saturated heterocycles. The van der Waals surface area contributed by atoms with Crippen LogP contribution in [0.25, 0.3) is 16.5 Å². The van der Waals surface area contributed by atoms with E-state index in [1.54, 1.807) is 13.3 Å². The summed E-state index contributed by atoms with van der Waals surface area (Å²) in [6.07, 6.45) is 8.55. The largest absolute Gasteiger partial charge is 0.494 e. The first-order valence-corrected chi connectivity index (χ1v) is 21.5. The lowest BCUT2D eigenvalue weighted by atomic mass is 9.98. The first-order chi connectivity index (χ1) is 26.1. The van der Waals surface area contributed by atoms with E-state index in [-0.39, 0.29) is 0 Å². The summed E-state index contributed by atoms with van der Waals surface area (Å²) in [4.78, 5) is 25.0. The van der Waals surface area contributed by atoms with Crippen LogP contribution in [-0.4, -0.2) is 110 Å². The number of hydrogen-bond acceptors (Lipinski definition) is 11. The van der Waals surface area contributed by atoms with Crippen LogP contribution < -0.4 is 31.3 Å². The minimum absolute atomic E-state index is 0.318. The lowest BCUT2D eigenvalue weighted by Crippen LogP contribution is -2.52. The molecule has 4 heterocycles. The molecule has 0 amide bonds. The van der Waals surface area contributed by atoms with Gasteiger partial charge in [-0.25, -0.2) is 9.98 Å². The number of aliphatic imine (C=N–C) groups is 1. The smallest absolute Gasteiger partial charge is 0.331 e. The van der Waals surface area contributed by atoms with Gasteiger partial charge in [-0.15, -0.1) is 0 Å². The molecule has 7 rings (SSSR count). The number of allylic oxidation sites excluding steroid dienone is 1. The number of ether oxygens (including phenoxy) is 1. The van der Waals surface area contributed by atoms with Gasteiger partial charge in [-0.2, -0.15) is 13.8 Å². The second kappa shape index (κ2) is 16.8. The van der Waals surface area contributed by atoms with E-state index in [1.807, 2.05) is 12.1 Å². The van der Waals surface area contributed by atoms with Gasteiger partial charge in [0, 0.05) is 115 Å². The van der Waals surface area contributed by atoms with Gasteiger partial charge < -0.3 is 30.9 Å². The van der Waals surface area contributed by atoms with Gasteiger partial charge in [-0.3, -0.25) is 9.88 Å². The van der Waals surface area contributed by atoms with Crippen molar-refractivity contribution in [3.8, 4) is 5.75 Å². The van der Waals surface area contributed by atoms with Gasteiger partial charge in [0.05, 0.1) is 22.8 Å². The third-order valence-electron chi connectivity index (χ3n) is 10.5. The van der Waals surface area contributed by atoms with Crippen molar-refractivity contribution in [1.29, 1.82) is 0 Å². The molecule has 3 fully saturated rings. The highest BCUT2D eigenvalue weighted by molar-refractivity contribution is 9.10. The Kier molecular flexibility index (Phi) is 11.9. The average molecular weight is 822 g/mol. The molecule has 4 aromatic rings. The fourth-order valence-electron chi connectivity index (χ4n) is 7.48. The van der Waals surface area contributed by atoms with Crippen molar-refractivity contribution >= 4 is 80.7 Å². The molecule has 0 bridgehead atoms. The zero-order chi connectivity index (χ0) is 37.9. The number of piperidine rings is 1. The van der Waals surface area contributed by atoms with Crippen LogP contribution in [0.2, 0.25) is 0 Å². The summed E-state index contributed by atoms with van der Waals surface area (Å²) in [6.45, 7) is 7.52. The molecular weight excluding hydrogens is 773 g/mol. The van der Waals surface area contributed by atoms with E-state index >= 15 is 0 Å². The lowest BCUT2D eigenvalue weighted by molar-refractivity contribution is 0.0982. The van der Waals surface area contributed by atoms with Crippen molar-refractivity contribution in [2.75, 3.05) is 82.3 Å². The Bertz CT molecular complexity index is 2030. The number of nitrogens with one attached hydrogen (secondary N) is 2. The first kappa shape index (κ1) is 38.3. The fraction of sp³-hybridized carbons (Fsp3) is 0.436. The number of aromatic nitrogens is 3. The SMILES string of the molecule is COc1cc(N2CCC(N3CCN(C)CC3)CC2)c(C(C=NC(F)F)=CN)cc1Nc1ncc(Br)c(Nc2ccc3nc(C4CC4)ccc3c2P(C)C)n1. The molecule has 3 aliphatic rings. The van der Waals surface area contributed by atoms with Crippen LogP contribution in [0, 0.1) is 0 Å². The van der Waals surface area contributed by atoms with Crippen LogP contribution in [0.5, 0.6) is 5.75 Å². The lowest BCUT2D eigenvalue weighted by Gasteiger charge is -2.43. The standard InChI is InChI=1S/C39H48BrF2N10OP/c1-50-15-17-51(18-16-50)26-11-13-52(14-12-26)34-20-35(53-2)33(19-28(34)25(21-43)22-44-38(41)42)48-39-45-23-29(40)37(49-39)47-32-10-9-31-27(36(32)54(3)4)7-8-30(46-31)24-5-6-24/h7-10,19-24,26,38H,5-6,11-18,43H2,1-4H3,(H2,45,47,48,49). The number of piperazine rings is 1. The van der Waals surface area contributed by atoms with Crippen LogP contribution in [0.1, 0.15) is 42.9 Å². The Balaban J connectivity index is 1.18. The molecule has 0 atom stereocenters. The van der Waals surface area contributed by atoms with Crippen LogP contribution in [0.15, 0.2) is 58.3 Å². The van der Waals surface area contributed by atoms with Crippen molar-refractivity contribution in [1.82, 2.24) is 24.8 Å². The van der Waals surface area contributed by atoms with Crippen LogP contribution in [0.4, 0.5) is 37.6 Å². The topological polar surface area (TPSA) is 120 Å². The van der Waals surface area contributed by atoms with Crippen molar-refractivity contribution in [3.05, 3.63) is 64.5 Å². The van der Waals surface area contributed by atoms with E-state index in [4.69, 9.17) is 20.4 Å². The highest BCUT2D eigenvalue weighted by atomic mass is 79.9. The molecule has 0 unspecified atom stereocenters. The Morgan fingerprint density at radius 3 is 2.43 bits per heavy atom. The second-order valence-electron chi connectivity index (χ2n) is 14.4. The molecule has 1 saturated carbocycles. The highest BCUT2D eigenvalue weighted by Gasteiger charge is 2.29. The number of methoxy groups -OCH3 is 1. The Morgan fingerprint density at radius 2 is 1.76 bits per heavy atom. The number of fused-ring (bicyclic) bond motifs is 1. The molecule has 1 aliphatic carbocycles. The van der Waals surface area contributed by atoms with E-state index in [0.29, 0.717) is 50.8 Å². The summed E-state index contributed by atoms with van der Waals surface area (Å²) in [5.74, 6) is 2.04. The molecule has 4 N–H and O–H groups in total. The van der Waals surface area contributed by atoms with E-state index in [9.17, 15) is 8.78 Å². The monoisotopic (exact) mass is 820 g/mol. The number of benzene rings is 2. The number of hydrogen-bond donors (Lipinski definition) is 3. The number of nitrogens with zero attached hydrogens (tertiary/aromatic N) is 7. The van der Waals surface area contributed by atoms with Crippen LogP contribution in [-0.2, 0) is 0 Å². The molecule has 54 heavy (non-hydrogen) atoms. The van der Waals surface area contributed by atoms with Gasteiger partial charge in [0.15, 0.2) is 0 Å². The summed E-state index contributed by atoms with van der Waals surface area (Å²) in [7, 11) is 3.28. The first-order valence-electron chi connectivity index (χ1n) is 18.4. The molecule has 2 aromatic heterocycles. The fourth-order valence-corrected chi connectivity index (χ4v) is 9.06. The minimum Gasteiger partial charge on any atom is -0.494 e. The van der Waals surface area contributed by atoms with Crippen LogP contribution >= 0.6 is 23.9 Å². The number of pyridine rings is 1. The predicted molar refractivity (Wildman–Crippen MR) is 222 cm³/mol. The van der Waals surface area contributed by atoms with E-state index in [0.717, 1.165) is 80.6 Å². The number of alkyl halides is 2. The maximum absolute atomic E-state index is 13.3. The molecule has 2 aromatic carbocycles. The molecule has 2 aliphatic heterocycles. The summed E-state index contributed by atoms with van der Waals surface area (Å²) >= 11 is 3.65. The number of likely N-dealkylation sites (N-methyl/N-ethyl adjacent to an activating group) is 1. The zero-order valence-electron chi connectivity index (χ0n) is 31.2. The van der Waals surface area contributed by atoms with Crippen molar-refractivity contribution in [2.45, 2.75) is 44.2 Å². The number of anilines is 5. The Morgan fingerprint density at radius 1 is 1.00 bits per heavy atom. The molecule has 11 nitrogen and oxygen atoms in total. The van der Waals surface area contributed by atoms with E-state index in [1.165, 1.54) is 30.0 Å². The van der Waals surface area contributed by atoms with Crippen molar-refractivity contribution in [3.63, 3.8) is 0 Å². The van der Waals surface area contributed by atoms with E-state index < -0.39 is 14.5 Å². The third kappa shape index (κ3) is 8.62. The Hall–Kier alpha value is -3.97. The van der Waals surface area contributed by atoms with Gasteiger partial charge in [0.2, 0.25) is 5.95 Å². The zero-order valence-corrected chi connectivity index (χ0v) is 33.7. The highest BCUT2D eigenvalue weighted by Crippen LogP contribution is 2.42. The predicted octanol–water partition coefficient (Wildman–Crippen LogP) is 7.34. The number of nitrogens with two attached hydrogens (primary N) is 1. The number of rotatable bonds is 12. The summed E-state index contributed by atoms with van der Waals surface area (Å²) in [5.41, 5.74) is 11.6. The summed E-state index contributed by atoms with van der Waals surface area (Å²) in [5, 5.41) is 9.25. The quantitative estimate of drug-likeness (QED) is 0.0762. The summed E-state index contributed by atoms with van der Waals surface area (Å²) < 4.78 is 33.2. The second-order valence-corrected chi connectivity index (χ2v) is 17.5. The third-order valence-corrected chi connectivity index (χ3v) is 12.5. The molecule has 0 spiro atoms. The molecule has 0 radical (unpaired) electrons. The van der Waals surface area contributed by atoms with Gasteiger partial charge in [0.25, 0.3) is 0 Å².